The summed E-state index contributed by atoms with van der Waals surface area (Å²) in [6.07, 6.45) is 2.91. The maximum atomic E-state index is 10.2. The van der Waals surface area contributed by atoms with Gasteiger partial charge in [-0.3, -0.25) is 5.41 Å². The van der Waals surface area contributed by atoms with Crippen LogP contribution < -0.4 is 0 Å². The molecule has 66 valence electrons. The van der Waals surface area contributed by atoms with Crippen LogP contribution in [0.15, 0.2) is 23.3 Å². The number of allylic oxidation sites excluding steroid dienone is 3. The van der Waals surface area contributed by atoms with E-state index in [2.05, 4.69) is 0 Å². The van der Waals surface area contributed by atoms with E-state index in [0.717, 1.165) is 11.1 Å². The lowest BCUT2D eigenvalue weighted by atomic mass is 10.1. The highest BCUT2D eigenvalue weighted by atomic mass is 16.4. The molecule has 0 aromatic carbocycles. The van der Waals surface area contributed by atoms with Crippen molar-refractivity contribution in [2.75, 3.05) is 0 Å². The zero-order chi connectivity index (χ0) is 9.72. The van der Waals surface area contributed by atoms with E-state index in [1.165, 1.54) is 6.08 Å². The van der Waals surface area contributed by atoms with Gasteiger partial charge in [-0.05, 0) is 26.8 Å². The topological polar surface area (TPSA) is 61.2 Å². The number of rotatable bonds is 3. The fourth-order valence-electron chi connectivity index (χ4n) is 0.446. The Kier molecular flexibility index (Phi) is 3.97. The molecule has 0 saturated carbocycles. The number of carboxylic acid groups (broad SMARTS) is 1. The molecule has 3 heteroatoms. The number of carbonyl (C=O) groups is 1. The van der Waals surface area contributed by atoms with E-state index in [1.807, 2.05) is 20.8 Å². The molecule has 0 radical (unpaired) electrons. The summed E-state index contributed by atoms with van der Waals surface area (Å²) in [5.41, 5.74) is 1.71. The first-order valence-corrected chi connectivity index (χ1v) is 3.59. The molecule has 0 aromatic heterocycles. The maximum absolute atomic E-state index is 10.2. The van der Waals surface area contributed by atoms with Gasteiger partial charge in [0.2, 0.25) is 0 Å². The van der Waals surface area contributed by atoms with Gasteiger partial charge in [0.1, 0.15) is 5.71 Å². The highest BCUT2D eigenvalue weighted by molar-refractivity contribution is 6.39. The predicted octanol–water partition coefficient (Wildman–Crippen LogP) is 2.00. The predicted molar refractivity (Wildman–Crippen MR) is 48.6 cm³/mol. The Labute approximate surface area is 71.9 Å². The Morgan fingerprint density at radius 2 is 1.75 bits per heavy atom. The Morgan fingerprint density at radius 3 is 2.08 bits per heavy atom. The van der Waals surface area contributed by atoms with E-state index >= 15 is 0 Å². The van der Waals surface area contributed by atoms with Gasteiger partial charge in [0.05, 0.1) is 0 Å². The summed E-state index contributed by atoms with van der Waals surface area (Å²) in [5, 5.41) is 15.3. The second-order valence-electron chi connectivity index (χ2n) is 2.74. The monoisotopic (exact) mass is 167 g/mol. The SMILES string of the molecule is CC(C)=C(C)/C=C\C(=N)C(=O)O. The molecule has 0 aliphatic rings. The third-order valence-electron chi connectivity index (χ3n) is 1.52. The molecule has 0 amide bonds. The zero-order valence-electron chi connectivity index (χ0n) is 7.51. The maximum Gasteiger partial charge on any atom is 0.353 e. The van der Waals surface area contributed by atoms with Gasteiger partial charge in [-0.25, -0.2) is 4.79 Å². The zero-order valence-corrected chi connectivity index (χ0v) is 7.51. The van der Waals surface area contributed by atoms with Crippen molar-refractivity contribution >= 4 is 11.7 Å². The second-order valence-corrected chi connectivity index (χ2v) is 2.74. The molecule has 0 rings (SSSR count). The lowest BCUT2D eigenvalue weighted by Gasteiger charge is -1.94. The van der Waals surface area contributed by atoms with Crippen molar-refractivity contribution in [3.05, 3.63) is 23.3 Å². The number of carboxylic acids is 1. The molecule has 0 aliphatic carbocycles. The van der Waals surface area contributed by atoms with Gasteiger partial charge in [-0.15, -0.1) is 0 Å². The van der Waals surface area contributed by atoms with Gasteiger partial charge in [0, 0.05) is 0 Å². The van der Waals surface area contributed by atoms with Crippen molar-refractivity contribution in [2.45, 2.75) is 20.8 Å². The van der Waals surface area contributed by atoms with Crippen LogP contribution in [0.25, 0.3) is 0 Å². The largest absolute Gasteiger partial charge is 0.477 e. The summed E-state index contributed by atoms with van der Waals surface area (Å²) in [4.78, 5) is 10.2. The van der Waals surface area contributed by atoms with Crippen molar-refractivity contribution in [3.8, 4) is 0 Å². The molecule has 0 saturated heterocycles. The molecule has 0 heterocycles. The summed E-state index contributed by atoms with van der Waals surface area (Å²) in [6.45, 7) is 5.75. The highest BCUT2D eigenvalue weighted by Gasteiger charge is 1.99. The quantitative estimate of drug-likeness (QED) is 0.499. The fraction of sp³-hybridized carbons (Fsp3) is 0.333. The summed E-state index contributed by atoms with van der Waals surface area (Å²) < 4.78 is 0. The van der Waals surface area contributed by atoms with Gasteiger partial charge >= 0.3 is 5.97 Å². The first-order chi connectivity index (χ1) is 5.45. The molecule has 0 spiro atoms. The highest BCUT2D eigenvalue weighted by Crippen LogP contribution is 2.02. The number of hydrogen-bond acceptors (Lipinski definition) is 2. The van der Waals surface area contributed by atoms with Crippen LogP contribution in [0.4, 0.5) is 0 Å². The fourth-order valence-corrected chi connectivity index (χ4v) is 0.446. The lowest BCUT2D eigenvalue weighted by molar-refractivity contribution is -0.129. The first kappa shape index (κ1) is 10.6. The van der Waals surface area contributed by atoms with E-state index in [9.17, 15) is 4.79 Å². The number of hydrogen-bond donors (Lipinski definition) is 2. The van der Waals surface area contributed by atoms with Crippen molar-refractivity contribution in [2.24, 2.45) is 0 Å². The molecule has 0 aliphatic heterocycles. The Bertz CT molecular complexity index is 258. The van der Waals surface area contributed by atoms with Crippen LogP contribution in [0, 0.1) is 5.41 Å². The molecular weight excluding hydrogens is 154 g/mol. The molecule has 0 aromatic rings. The molecule has 0 fully saturated rings. The minimum atomic E-state index is -1.20. The summed E-state index contributed by atoms with van der Waals surface area (Å²) in [5.74, 6) is -1.20. The van der Waals surface area contributed by atoms with E-state index in [1.54, 1.807) is 6.08 Å². The van der Waals surface area contributed by atoms with Crippen LogP contribution in [-0.4, -0.2) is 16.8 Å². The Morgan fingerprint density at radius 1 is 1.25 bits per heavy atom. The van der Waals surface area contributed by atoms with Crippen molar-refractivity contribution in [3.63, 3.8) is 0 Å². The molecule has 0 unspecified atom stereocenters. The van der Waals surface area contributed by atoms with Gasteiger partial charge in [-0.2, -0.15) is 0 Å². The summed E-state index contributed by atoms with van der Waals surface area (Å²) in [6, 6.07) is 0. The molecular formula is C9H13NO2. The minimum Gasteiger partial charge on any atom is -0.477 e. The van der Waals surface area contributed by atoms with Gasteiger partial charge < -0.3 is 5.11 Å². The van der Waals surface area contributed by atoms with Crippen LogP contribution in [0.2, 0.25) is 0 Å². The molecule has 0 bridgehead atoms. The van der Waals surface area contributed by atoms with Crippen LogP contribution in [-0.2, 0) is 4.79 Å². The van der Waals surface area contributed by atoms with E-state index < -0.39 is 11.7 Å². The second kappa shape index (κ2) is 4.49. The summed E-state index contributed by atoms with van der Waals surface area (Å²) in [7, 11) is 0. The van der Waals surface area contributed by atoms with Crippen LogP contribution in [0.5, 0.6) is 0 Å². The Hall–Kier alpha value is -1.38. The lowest BCUT2D eigenvalue weighted by Crippen LogP contribution is -2.07. The normalized spacial score (nSPS) is 9.92. The third kappa shape index (κ3) is 3.71. The average molecular weight is 167 g/mol. The van der Waals surface area contributed by atoms with Gasteiger partial charge in [0.15, 0.2) is 0 Å². The van der Waals surface area contributed by atoms with Crippen LogP contribution in [0.1, 0.15) is 20.8 Å². The molecule has 12 heavy (non-hydrogen) atoms. The average Bonchev–Trinajstić information content (AvgIpc) is 1.98. The van der Waals surface area contributed by atoms with E-state index in [0.29, 0.717) is 0 Å². The molecule has 2 N–H and O–H groups in total. The number of aliphatic carboxylic acids is 1. The van der Waals surface area contributed by atoms with Crippen LogP contribution >= 0.6 is 0 Å². The number of nitrogens with one attached hydrogen (secondary N) is 1. The van der Waals surface area contributed by atoms with E-state index in [-0.39, 0.29) is 0 Å². The standard InChI is InChI=1S/C9H13NO2/c1-6(2)7(3)4-5-8(10)9(11)12/h4-5,10H,1-3H3,(H,11,12)/b5-4-,10-8?. The summed E-state index contributed by atoms with van der Waals surface area (Å²) >= 11 is 0. The third-order valence-corrected chi connectivity index (χ3v) is 1.52. The van der Waals surface area contributed by atoms with Crippen molar-refractivity contribution in [1.82, 2.24) is 0 Å². The van der Waals surface area contributed by atoms with Gasteiger partial charge in [0.25, 0.3) is 0 Å². The van der Waals surface area contributed by atoms with Gasteiger partial charge in [-0.1, -0.05) is 17.2 Å². The van der Waals surface area contributed by atoms with Crippen molar-refractivity contribution in [1.29, 1.82) is 5.41 Å². The smallest absolute Gasteiger partial charge is 0.353 e. The van der Waals surface area contributed by atoms with Crippen molar-refractivity contribution < 1.29 is 9.90 Å². The molecule has 0 atom stereocenters. The Balaban J connectivity index is 4.37. The first-order valence-electron chi connectivity index (χ1n) is 3.59. The minimum absolute atomic E-state index is 0.393. The van der Waals surface area contributed by atoms with E-state index in [4.69, 9.17) is 10.5 Å². The molecule has 3 nitrogen and oxygen atoms in total. The van der Waals surface area contributed by atoms with Crippen LogP contribution in [0.3, 0.4) is 0 Å².